The molecule has 29 heavy (non-hydrogen) atoms. The van der Waals surface area contributed by atoms with E-state index in [0.29, 0.717) is 18.8 Å². The second-order valence-corrected chi connectivity index (χ2v) is 6.99. The molecule has 1 unspecified atom stereocenters. The van der Waals surface area contributed by atoms with Crippen molar-refractivity contribution < 1.29 is 18.1 Å². The zero-order valence-corrected chi connectivity index (χ0v) is 16.2. The van der Waals surface area contributed by atoms with Gasteiger partial charge in [0.1, 0.15) is 6.33 Å². The van der Waals surface area contributed by atoms with Crippen LogP contribution in [0.4, 0.5) is 36.3 Å². The lowest BCUT2D eigenvalue weighted by molar-refractivity contribution is -0.383. The highest BCUT2D eigenvalue weighted by atomic mass is 35.5. The van der Waals surface area contributed by atoms with Crippen LogP contribution in [0.3, 0.4) is 0 Å². The third-order valence-electron chi connectivity index (χ3n) is 4.76. The van der Waals surface area contributed by atoms with E-state index in [4.69, 9.17) is 11.6 Å². The summed E-state index contributed by atoms with van der Waals surface area (Å²) in [5.74, 6) is -0.185. The highest BCUT2D eigenvalue weighted by molar-refractivity contribution is 6.33. The standard InChI is InChI=1S/C17H18ClF3N6O2/c1-2-11-5-3-4-6-26(11)16-13(27(28)29)15(23-9-24-16)25-14-12(18)7-10(8-22-14)17(19,20)21/h7-9,11H,2-6H2,1H3,(H,22,23,24,25). The molecule has 0 aromatic carbocycles. The minimum absolute atomic E-state index is 0.109. The van der Waals surface area contributed by atoms with E-state index in [0.717, 1.165) is 25.7 Å². The Balaban J connectivity index is 1.99. The first-order valence-corrected chi connectivity index (χ1v) is 9.36. The van der Waals surface area contributed by atoms with Gasteiger partial charge in [0, 0.05) is 18.8 Å². The summed E-state index contributed by atoms with van der Waals surface area (Å²) in [6.45, 7) is 2.62. The number of nitrogens with zero attached hydrogens (tertiary/aromatic N) is 5. The molecule has 1 saturated heterocycles. The van der Waals surface area contributed by atoms with Gasteiger partial charge in [0.15, 0.2) is 5.82 Å². The van der Waals surface area contributed by atoms with Gasteiger partial charge in [-0.3, -0.25) is 10.1 Å². The Morgan fingerprint density at radius 3 is 2.69 bits per heavy atom. The molecule has 2 aromatic heterocycles. The zero-order chi connectivity index (χ0) is 21.2. The van der Waals surface area contributed by atoms with E-state index in [9.17, 15) is 23.3 Å². The van der Waals surface area contributed by atoms with E-state index in [1.165, 1.54) is 6.33 Å². The summed E-state index contributed by atoms with van der Waals surface area (Å²) < 4.78 is 38.4. The molecule has 1 aliphatic heterocycles. The van der Waals surface area contributed by atoms with Crippen molar-refractivity contribution in [3.63, 3.8) is 0 Å². The summed E-state index contributed by atoms with van der Waals surface area (Å²) >= 11 is 5.90. The van der Waals surface area contributed by atoms with E-state index in [1.807, 2.05) is 11.8 Å². The van der Waals surface area contributed by atoms with Crippen LogP contribution < -0.4 is 10.2 Å². The third-order valence-corrected chi connectivity index (χ3v) is 5.05. The number of alkyl halides is 3. The van der Waals surface area contributed by atoms with E-state index in [-0.39, 0.29) is 34.2 Å². The van der Waals surface area contributed by atoms with Crippen molar-refractivity contribution in [2.45, 2.75) is 44.8 Å². The molecule has 0 amide bonds. The van der Waals surface area contributed by atoms with Crippen molar-refractivity contribution in [2.75, 3.05) is 16.8 Å². The quantitative estimate of drug-likeness (QED) is 0.528. The lowest BCUT2D eigenvalue weighted by atomic mass is 10.00. The van der Waals surface area contributed by atoms with Gasteiger partial charge in [0.2, 0.25) is 11.6 Å². The van der Waals surface area contributed by atoms with Gasteiger partial charge < -0.3 is 10.2 Å². The normalized spacial score (nSPS) is 17.3. The Morgan fingerprint density at radius 1 is 1.31 bits per heavy atom. The fourth-order valence-corrected chi connectivity index (χ4v) is 3.55. The Kier molecular flexibility index (Phi) is 6.06. The molecular formula is C17H18ClF3N6O2. The van der Waals surface area contributed by atoms with Crippen molar-refractivity contribution in [1.29, 1.82) is 0 Å². The van der Waals surface area contributed by atoms with Crippen LogP contribution in [0.15, 0.2) is 18.6 Å². The largest absolute Gasteiger partial charge is 0.417 e. The molecule has 8 nitrogen and oxygen atoms in total. The average Bonchev–Trinajstić information content (AvgIpc) is 2.68. The van der Waals surface area contributed by atoms with Gasteiger partial charge in [0.25, 0.3) is 0 Å². The van der Waals surface area contributed by atoms with E-state index >= 15 is 0 Å². The number of hydrogen-bond acceptors (Lipinski definition) is 7. The average molecular weight is 431 g/mol. The van der Waals surface area contributed by atoms with E-state index in [2.05, 4.69) is 20.3 Å². The molecule has 1 aliphatic rings. The first-order valence-electron chi connectivity index (χ1n) is 8.98. The number of pyridine rings is 1. The highest BCUT2D eigenvalue weighted by Gasteiger charge is 2.34. The van der Waals surface area contributed by atoms with E-state index in [1.54, 1.807) is 0 Å². The highest BCUT2D eigenvalue weighted by Crippen LogP contribution is 2.38. The minimum atomic E-state index is -4.60. The lowest BCUT2D eigenvalue weighted by Crippen LogP contribution is -2.40. The van der Waals surface area contributed by atoms with Crippen molar-refractivity contribution in [3.8, 4) is 0 Å². The zero-order valence-electron chi connectivity index (χ0n) is 15.4. The van der Waals surface area contributed by atoms with Crippen molar-refractivity contribution in [2.24, 2.45) is 0 Å². The van der Waals surface area contributed by atoms with Gasteiger partial charge in [-0.15, -0.1) is 0 Å². The maximum atomic E-state index is 12.8. The molecule has 1 atom stereocenters. The summed E-state index contributed by atoms with van der Waals surface area (Å²) in [6, 6.07) is 0.806. The number of aromatic nitrogens is 3. The third kappa shape index (κ3) is 4.50. The predicted molar refractivity (Wildman–Crippen MR) is 101 cm³/mol. The molecule has 0 saturated carbocycles. The SMILES string of the molecule is CCC1CCCCN1c1ncnc(Nc2ncc(C(F)(F)F)cc2Cl)c1[N+](=O)[O-]. The van der Waals surface area contributed by atoms with Crippen LogP contribution >= 0.6 is 11.6 Å². The molecule has 0 aliphatic carbocycles. The second-order valence-electron chi connectivity index (χ2n) is 6.58. The Labute approximate surface area is 169 Å². The van der Waals surface area contributed by atoms with Crippen LogP contribution in [-0.4, -0.2) is 32.5 Å². The number of anilines is 3. The number of halogens is 4. The fraction of sp³-hybridized carbons (Fsp3) is 0.471. The van der Waals surface area contributed by atoms with Crippen LogP contribution in [-0.2, 0) is 6.18 Å². The molecule has 156 valence electrons. The molecule has 0 radical (unpaired) electrons. The molecule has 0 spiro atoms. The fourth-order valence-electron chi connectivity index (χ4n) is 3.34. The van der Waals surface area contributed by atoms with Crippen molar-refractivity contribution >= 4 is 34.7 Å². The van der Waals surface area contributed by atoms with Gasteiger partial charge in [-0.2, -0.15) is 13.2 Å². The van der Waals surface area contributed by atoms with Gasteiger partial charge in [-0.05, 0) is 31.7 Å². The topological polar surface area (TPSA) is 97.1 Å². The first kappa shape index (κ1) is 21.0. The van der Waals surface area contributed by atoms with Crippen molar-refractivity contribution in [1.82, 2.24) is 15.0 Å². The molecule has 1 N–H and O–H groups in total. The van der Waals surface area contributed by atoms with Gasteiger partial charge in [0.05, 0.1) is 15.5 Å². The van der Waals surface area contributed by atoms with Gasteiger partial charge in [-0.25, -0.2) is 15.0 Å². The predicted octanol–water partition coefficient (Wildman–Crippen LogP) is 4.96. The van der Waals surface area contributed by atoms with Gasteiger partial charge >= 0.3 is 11.9 Å². The summed E-state index contributed by atoms with van der Waals surface area (Å²) in [7, 11) is 0. The minimum Gasteiger partial charge on any atom is -0.348 e. The molecular weight excluding hydrogens is 413 g/mol. The summed E-state index contributed by atoms with van der Waals surface area (Å²) in [6.07, 6.45) is 0.774. The second kappa shape index (κ2) is 8.36. The molecule has 1 fully saturated rings. The summed E-state index contributed by atoms with van der Waals surface area (Å²) in [5, 5.41) is 14.0. The molecule has 3 rings (SSSR count). The molecule has 3 heterocycles. The summed E-state index contributed by atoms with van der Waals surface area (Å²) in [5.41, 5.74) is -1.39. The molecule has 12 heteroatoms. The van der Waals surface area contributed by atoms with Crippen molar-refractivity contribution in [3.05, 3.63) is 39.3 Å². The number of rotatable bonds is 5. The smallest absolute Gasteiger partial charge is 0.348 e. The number of nitrogens with one attached hydrogen (secondary N) is 1. The van der Waals surface area contributed by atoms with Crippen LogP contribution in [0.5, 0.6) is 0 Å². The Hall–Kier alpha value is -2.69. The monoisotopic (exact) mass is 430 g/mol. The molecule has 2 aromatic rings. The molecule has 0 bridgehead atoms. The summed E-state index contributed by atoms with van der Waals surface area (Å²) in [4.78, 5) is 24.7. The Bertz CT molecular complexity index is 911. The maximum absolute atomic E-state index is 12.8. The van der Waals surface area contributed by atoms with Crippen LogP contribution in [0, 0.1) is 10.1 Å². The van der Waals surface area contributed by atoms with E-state index < -0.39 is 16.7 Å². The number of piperidine rings is 1. The first-order chi connectivity index (χ1) is 13.7. The van der Waals surface area contributed by atoms with Gasteiger partial charge in [-0.1, -0.05) is 18.5 Å². The maximum Gasteiger partial charge on any atom is 0.417 e. The van der Waals surface area contributed by atoms with Crippen LogP contribution in [0.2, 0.25) is 5.02 Å². The van der Waals surface area contributed by atoms with Crippen LogP contribution in [0.25, 0.3) is 0 Å². The number of hydrogen-bond donors (Lipinski definition) is 1. The Morgan fingerprint density at radius 2 is 2.07 bits per heavy atom. The van der Waals surface area contributed by atoms with Crippen LogP contribution in [0.1, 0.15) is 38.2 Å². The lowest BCUT2D eigenvalue weighted by Gasteiger charge is -2.35. The number of nitro groups is 1.